The Morgan fingerprint density at radius 3 is 2.65 bits per heavy atom. The maximum Gasteiger partial charge on any atom is 0.224 e. The molecule has 3 rings (SSSR count). The van der Waals surface area contributed by atoms with E-state index in [2.05, 4.69) is 26.8 Å². The molecule has 0 radical (unpaired) electrons. The molecule has 1 aromatic carbocycles. The molecule has 0 aliphatic heterocycles. The number of hydrogen-bond acceptors (Lipinski definition) is 4. The van der Waals surface area contributed by atoms with Crippen LogP contribution in [0.2, 0.25) is 0 Å². The molecule has 1 amide bonds. The first-order chi connectivity index (χ1) is 12.6. The molecule has 0 spiro atoms. The monoisotopic (exact) mass is 351 g/mol. The Morgan fingerprint density at radius 1 is 1.19 bits per heavy atom. The minimum absolute atomic E-state index is 0.0450. The summed E-state index contributed by atoms with van der Waals surface area (Å²) in [6.07, 6.45) is 3.00. The molecule has 0 aliphatic rings. The molecule has 1 N–H and O–H groups in total. The molecular formula is C20H25N5O. The zero-order valence-electron chi connectivity index (χ0n) is 15.6. The van der Waals surface area contributed by atoms with Crippen molar-refractivity contribution in [2.45, 2.75) is 19.8 Å². The predicted octanol–water partition coefficient (Wildman–Crippen LogP) is 2.20. The molecule has 0 fully saturated rings. The summed E-state index contributed by atoms with van der Waals surface area (Å²) >= 11 is 0. The van der Waals surface area contributed by atoms with Crippen LogP contribution in [0.5, 0.6) is 0 Å². The summed E-state index contributed by atoms with van der Waals surface area (Å²) in [6.45, 7) is 3.59. The zero-order chi connectivity index (χ0) is 18.5. The second-order valence-corrected chi connectivity index (χ2v) is 6.56. The topological polar surface area (TPSA) is 63.1 Å². The number of carbonyl (C=O) groups is 1. The van der Waals surface area contributed by atoms with E-state index in [1.54, 1.807) is 6.20 Å². The van der Waals surface area contributed by atoms with Gasteiger partial charge in [-0.1, -0.05) is 19.1 Å². The van der Waals surface area contributed by atoms with Crippen molar-refractivity contribution in [3.8, 4) is 5.69 Å². The zero-order valence-corrected chi connectivity index (χ0v) is 15.6. The van der Waals surface area contributed by atoms with Gasteiger partial charge in [0.05, 0.1) is 6.42 Å². The van der Waals surface area contributed by atoms with Crippen molar-refractivity contribution < 1.29 is 4.79 Å². The quantitative estimate of drug-likeness (QED) is 0.709. The van der Waals surface area contributed by atoms with Gasteiger partial charge in [0, 0.05) is 31.4 Å². The van der Waals surface area contributed by atoms with E-state index in [1.807, 2.05) is 55.4 Å². The van der Waals surface area contributed by atoms with Gasteiger partial charge in [-0.15, -0.1) is 0 Å². The van der Waals surface area contributed by atoms with Gasteiger partial charge in [0.2, 0.25) is 5.91 Å². The lowest BCUT2D eigenvalue weighted by molar-refractivity contribution is -0.120. The summed E-state index contributed by atoms with van der Waals surface area (Å²) < 4.78 is 2.08. The smallest absolute Gasteiger partial charge is 0.224 e. The number of imidazole rings is 1. The highest BCUT2D eigenvalue weighted by molar-refractivity contribution is 5.78. The molecule has 6 nitrogen and oxygen atoms in total. The van der Waals surface area contributed by atoms with Crippen molar-refractivity contribution in [1.29, 1.82) is 0 Å². The Kier molecular flexibility index (Phi) is 5.63. The Morgan fingerprint density at radius 2 is 1.96 bits per heavy atom. The maximum absolute atomic E-state index is 12.0. The molecule has 136 valence electrons. The van der Waals surface area contributed by atoms with Crippen LogP contribution in [0.15, 0.2) is 42.6 Å². The number of carbonyl (C=O) groups excluding carboxylic acids is 1. The van der Waals surface area contributed by atoms with Crippen LogP contribution >= 0.6 is 0 Å². The summed E-state index contributed by atoms with van der Waals surface area (Å²) in [5, 5.41) is 2.94. The van der Waals surface area contributed by atoms with Gasteiger partial charge < -0.3 is 10.2 Å². The summed E-state index contributed by atoms with van der Waals surface area (Å²) in [5.74, 6) is 1.02. The largest absolute Gasteiger partial charge is 0.355 e. The van der Waals surface area contributed by atoms with Gasteiger partial charge in [0.15, 0.2) is 5.65 Å². The number of aromatic nitrogens is 3. The van der Waals surface area contributed by atoms with Crippen LogP contribution in [0.3, 0.4) is 0 Å². The first-order valence-electron chi connectivity index (χ1n) is 8.91. The number of fused-ring (bicyclic) bond motifs is 1. The van der Waals surface area contributed by atoms with Gasteiger partial charge in [-0.2, -0.15) is 0 Å². The standard InChI is InChI=1S/C20H25N5O/c1-4-18-23-17-6-5-11-22-20(17)25(18)16-9-7-15(8-10-16)14-19(26)21-12-13-24(2)3/h5-11H,4,12-14H2,1-3H3,(H,21,26). The maximum atomic E-state index is 12.0. The second kappa shape index (κ2) is 8.10. The Labute approximate surface area is 153 Å². The van der Waals surface area contributed by atoms with Gasteiger partial charge in [-0.25, -0.2) is 9.97 Å². The Hall–Kier alpha value is -2.73. The first kappa shape index (κ1) is 18.1. The van der Waals surface area contributed by atoms with Crippen molar-refractivity contribution in [1.82, 2.24) is 24.8 Å². The van der Waals surface area contributed by atoms with E-state index in [0.29, 0.717) is 13.0 Å². The van der Waals surface area contributed by atoms with Gasteiger partial charge in [-0.05, 0) is 43.9 Å². The molecule has 0 atom stereocenters. The van der Waals surface area contributed by atoms with Crippen molar-refractivity contribution >= 4 is 17.1 Å². The van der Waals surface area contributed by atoms with Gasteiger partial charge in [-0.3, -0.25) is 9.36 Å². The van der Waals surface area contributed by atoms with E-state index in [-0.39, 0.29) is 5.91 Å². The van der Waals surface area contributed by atoms with Crippen LogP contribution in [0.4, 0.5) is 0 Å². The first-order valence-corrected chi connectivity index (χ1v) is 8.91. The highest BCUT2D eigenvalue weighted by Gasteiger charge is 2.12. The van der Waals surface area contributed by atoms with E-state index in [0.717, 1.165) is 41.2 Å². The molecule has 0 saturated carbocycles. The van der Waals surface area contributed by atoms with Crippen molar-refractivity contribution in [2.75, 3.05) is 27.2 Å². The number of nitrogens with one attached hydrogen (secondary N) is 1. The average molecular weight is 351 g/mol. The SMILES string of the molecule is CCc1nc2cccnc2n1-c1ccc(CC(=O)NCCN(C)C)cc1. The van der Waals surface area contributed by atoms with Gasteiger partial charge in [0.25, 0.3) is 0 Å². The van der Waals surface area contributed by atoms with Gasteiger partial charge >= 0.3 is 0 Å². The number of amides is 1. The number of rotatable bonds is 7. The minimum atomic E-state index is 0.0450. The molecular weight excluding hydrogens is 326 g/mol. The van der Waals surface area contributed by atoms with E-state index in [9.17, 15) is 4.79 Å². The van der Waals surface area contributed by atoms with Crippen LogP contribution in [0.25, 0.3) is 16.9 Å². The lowest BCUT2D eigenvalue weighted by Gasteiger charge is -2.11. The Balaban J connectivity index is 1.75. The van der Waals surface area contributed by atoms with Crippen LogP contribution in [0.1, 0.15) is 18.3 Å². The molecule has 6 heteroatoms. The number of benzene rings is 1. The third-order valence-corrected chi connectivity index (χ3v) is 4.24. The molecule has 2 heterocycles. The Bertz CT molecular complexity index is 883. The van der Waals surface area contributed by atoms with Crippen LogP contribution in [-0.4, -0.2) is 52.5 Å². The molecule has 3 aromatic rings. The van der Waals surface area contributed by atoms with Crippen molar-refractivity contribution in [2.24, 2.45) is 0 Å². The van der Waals surface area contributed by atoms with Crippen LogP contribution in [-0.2, 0) is 17.6 Å². The molecule has 0 aliphatic carbocycles. The molecule has 2 aromatic heterocycles. The third kappa shape index (κ3) is 4.08. The second-order valence-electron chi connectivity index (χ2n) is 6.56. The van der Waals surface area contributed by atoms with Gasteiger partial charge in [0.1, 0.15) is 11.3 Å². The summed E-state index contributed by atoms with van der Waals surface area (Å²) in [7, 11) is 3.98. The fraction of sp³-hybridized carbons (Fsp3) is 0.350. The predicted molar refractivity (Wildman–Crippen MR) is 104 cm³/mol. The molecule has 26 heavy (non-hydrogen) atoms. The van der Waals surface area contributed by atoms with E-state index >= 15 is 0 Å². The minimum Gasteiger partial charge on any atom is -0.355 e. The van der Waals surface area contributed by atoms with E-state index in [1.165, 1.54) is 0 Å². The lowest BCUT2D eigenvalue weighted by Crippen LogP contribution is -2.32. The average Bonchev–Trinajstić information content (AvgIpc) is 3.00. The summed E-state index contributed by atoms with van der Waals surface area (Å²) in [6, 6.07) is 11.9. The van der Waals surface area contributed by atoms with Crippen LogP contribution < -0.4 is 5.32 Å². The van der Waals surface area contributed by atoms with Crippen molar-refractivity contribution in [3.05, 3.63) is 54.0 Å². The third-order valence-electron chi connectivity index (χ3n) is 4.24. The van der Waals surface area contributed by atoms with Crippen LogP contribution in [0, 0.1) is 0 Å². The number of pyridine rings is 1. The summed E-state index contributed by atoms with van der Waals surface area (Å²) in [5.41, 5.74) is 3.76. The van der Waals surface area contributed by atoms with E-state index < -0.39 is 0 Å². The summed E-state index contributed by atoms with van der Waals surface area (Å²) in [4.78, 5) is 23.2. The normalized spacial score (nSPS) is 11.2. The number of hydrogen-bond donors (Lipinski definition) is 1. The molecule has 0 saturated heterocycles. The highest BCUT2D eigenvalue weighted by Crippen LogP contribution is 2.20. The lowest BCUT2D eigenvalue weighted by atomic mass is 10.1. The fourth-order valence-electron chi connectivity index (χ4n) is 2.90. The van der Waals surface area contributed by atoms with E-state index in [4.69, 9.17) is 0 Å². The number of aryl methyl sites for hydroxylation is 1. The number of likely N-dealkylation sites (N-methyl/N-ethyl adjacent to an activating group) is 1. The highest BCUT2D eigenvalue weighted by atomic mass is 16.1. The molecule has 0 bridgehead atoms. The fourth-order valence-corrected chi connectivity index (χ4v) is 2.90. The molecule has 0 unspecified atom stereocenters. The number of nitrogens with zero attached hydrogens (tertiary/aromatic N) is 4. The van der Waals surface area contributed by atoms with Crippen molar-refractivity contribution in [3.63, 3.8) is 0 Å².